The minimum Gasteiger partial charge on any atom is -0.497 e. The maximum absolute atomic E-state index is 12.3. The van der Waals surface area contributed by atoms with Crippen molar-refractivity contribution in [3.63, 3.8) is 0 Å². The molecular weight excluding hydrogens is 340 g/mol. The number of benzene rings is 2. The molecule has 0 spiro atoms. The Hall–Kier alpha value is -2.80. The monoisotopic (exact) mass is 360 g/mol. The Kier molecular flexibility index (Phi) is 6.59. The van der Waals surface area contributed by atoms with E-state index in [9.17, 15) is 4.79 Å². The molecule has 0 aliphatic carbocycles. The third kappa shape index (κ3) is 5.09. The number of amides is 1. The third-order valence-electron chi connectivity index (χ3n) is 3.29. The summed E-state index contributed by atoms with van der Waals surface area (Å²) in [5.41, 5.74) is 1.04. The van der Waals surface area contributed by atoms with Crippen LogP contribution in [-0.2, 0) is 0 Å². The summed E-state index contributed by atoms with van der Waals surface area (Å²) in [6.07, 6.45) is 0. The van der Waals surface area contributed by atoms with Gasteiger partial charge in [0, 0.05) is 11.6 Å². The van der Waals surface area contributed by atoms with E-state index < -0.39 is 0 Å². The molecule has 7 heteroatoms. The average Bonchev–Trinajstić information content (AvgIpc) is 2.62. The topological polar surface area (TPSA) is 68.8 Å². The van der Waals surface area contributed by atoms with Crippen LogP contribution >= 0.6 is 12.2 Å². The quantitative estimate of drug-likeness (QED) is 0.771. The largest absolute Gasteiger partial charge is 0.497 e. The van der Waals surface area contributed by atoms with E-state index in [-0.39, 0.29) is 11.0 Å². The van der Waals surface area contributed by atoms with E-state index in [4.69, 9.17) is 26.4 Å². The van der Waals surface area contributed by atoms with Crippen LogP contribution in [0.1, 0.15) is 17.3 Å². The number of methoxy groups -OCH3 is 2. The first kappa shape index (κ1) is 18.5. The van der Waals surface area contributed by atoms with Crippen molar-refractivity contribution in [2.45, 2.75) is 6.92 Å². The van der Waals surface area contributed by atoms with Gasteiger partial charge in [-0.1, -0.05) is 6.07 Å². The molecule has 0 atom stereocenters. The molecule has 0 unspecified atom stereocenters. The van der Waals surface area contributed by atoms with Crippen LogP contribution in [0.5, 0.6) is 17.2 Å². The van der Waals surface area contributed by atoms with Gasteiger partial charge in [-0.05, 0) is 49.5 Å². The van der Waals surface area contributed by atoms with Gasteiger partial charge in [0.15, 0.2) is 5.11 Å². The Morgan fingerprint density at radius 3 is 2.56 bits per heavy atom. The first-order chi connectivity index (χ1) is 12.1. The second-order valence-corrected chi connectivity index (χ2v) is 5.34. The van der Waals surface area contributed by atoms with Gasteiger partial charge in [-0.2, -0.15) is 0 Å². The molecule has 1 amide bonds. The van der Waals surface area contributed by atoms with Crippen LogP contribution in [0.25, 0.3) is 0 Å². The zero-order valence-electron chi connectivity index (χ0n) is 14.3. The fraction of sp³-hybridized carbons (Fsp3) is 0.222. The first-order valence-corrected chi connectivity index (χ1v) is 8.05. The highest BCUT2D eigenvalue weighted by atomic mass is 32.1. The van der Waals surface area contributed by atoms with Crippen molar-refractivity contribution in [2.24, 2.45) is 0 Å². The lowest BCUT2D eigenvalue weighted by atomic mass is 10.2. The summed E-state index contributed by atoms with van der Waals surface area (Å²) in [4.78, 5) is 12.3. The van der Waals surface area contributed by atoms with Gasteiger partial charge in [0.25, 0.3) is 5.91 Å². The van der Waals surface area contributed by atoms with E-state index in [1.54, 1.807) is 56.7 Å². The molecule has 0 radical (unpaired) electrons. The lowest BCUT2D eigenvalue weighted by Gasteiger charge is -2.14. The zero-order valence-corrected chi connectivity index (χ0v) is 15.1. The zero-order chi connectivity index (χ0) is 18.2. The number of rotatable bonds is 6. The van der Waals surface area contributed by atoms with Gasteiger partial charge in [0.1, 0.15) is 17.2 Å². The Morgan fingerprint density at radius 1 is 1.08 bits per heavy atom. The van der Waals surface area contributed by atoms with Crippen LogP contribution in [-0.4, -0.2) is 31.8 Å². The first-order valence-electron chi connectivity index (χ1n) is 7.64. The predicted molar refractivity (Wildman–Crippen MR) is 101 cm³/mol. The Labute approximate surface area is 152 Å². The molecule has 0 aliphatic heterocycles. The molecule has 0 heterocycles. The van der Waals surface area contributed by atoms with E-state index in [1.165, 1.54) is 0 Å². The van der Waals surface area contributed by atoms with Crippen molar-refractivity contribution >= 4 is 28.9 Å². The Balaban J connectivity index is 2.07. The van der Waals surface area contributed by atoms with Gasteiger partial charge in [-0.3, -0.25) is 10.1 Å². The van der Waals surface area contributed by atoms with E-state index in [0.717, 1.165) is 0 Å². The molecule has 2 aromatic carbocycles. The van der Waals surface area contributed by atoms with Gasteiger partial charge in [-0.25, -0.2) is 0 Å². The van der Waals surface area contributed by atoms with Crippen molar-refractivity contribution in [3.05, 3.63) is 48.0 Å². The van der Waals surface area contributed by atoms with Gasteiger partial charge in [0.2, 0.25) is 0 Å². The lowest BCUT2D eigenvalue weighted by molar-refractivity contribution is 0.0977. The molecule has 0 aromatic heterocycles. The van der Waals surface area contributed by atoms with E-state index in [0.29, 0.717) is 35.1 Å². The van der Waals surface area contributed by atoms with E-state index >= 15 is 0 Å². The summed E-state index contributed by atoms with van der Waals surface area (Å²) in [7, 11) is 3.12. The number of hydrogen-bond acceptors (Lipinski definition) is 5. The summed E-state index contributed by atoms with van der Waals surface area (Å²) in [6.45, 7) is 2.41. The molecule has 0 saturated heterocycles. The maximum Gasteiger partial charge on any atom is 0.257 e. The molecule has 25 heavy (non-hydrogen) atoms. The van der Waals surface area contributed by atoms with Gasteiger partial charge >= 0.3 is 0 Å². The summed E-state index contributed by atoms with van der Waals surface area (Å²) in [5.74, 6) is 1.52. The third-order valence-corrected chi connectivity index (χ3v) is 3.49. The van der Waals surface area contributed by atoms with E-state index in [1.807, 2.05) is 6.92 Å². The Bertz CT molecular complexity index is 764. The molecule has 0 fully saturated rings. The number of ether oxygens (including phenoxy) is 3. The minimum absolute atomic E-state index is 0.151. The fourth-order valence-corrected chi connectivity index (χ4v) is 2.34. The molecule has 132 valence electrons. The Morgan fingerprint density at radius 2 is 1.88 bits per heavy atom. The molecule has 0 saturated carbocycles. The lowest BCUT2D eigenvalue weighted by Crippen LogP contribution is -2.34. The summed E-state index contributed by atoms with van der Waals surface area (Å²) >= 11 is 5.21. The fourth-order valence-electron chi connectivity index (χ4n) is 2.13. The van der Waals surface area contributed by atoms with Gasteiger partial charge in [0.05, 0.1) is 26.5 Å². The van der Waals surface area contributed by atoms with Crippen LogP contribution in [0.3, 0.4) is 0 Å². The summed E-state index contributed by atoms with van der Waals surface area (Å²) in [5, 5.41) is 5.72. The van der Waals surface area contributed by atoms with Crippen molar-refractivity contribution in [1.29, 1.82) is 0 Å². The highest BCUT2D eigenvalue weighted by Gasteiger charge is 2.11. The highest BCUT2D eigenvalue weighted by Crippen LogP contribution is 2.28. The molecule has 2 aromatic rings. The average molecular weight is 360 g/mol. The van der Waals surface area contributed by atoms with Crippen LogP contribution in [0.4, 0.5) is 5.69 Å². The van der Waals surface area contributed by atoms with E-state index in [2.05, 4.69) is 10.6 Å². The number of hydrogen-bond donors (Lipinski definition) is 2. The second kappa shape index (κ2) is 8.89. The number of anilines is 1. The molecule has 2 rings (SSSR count). The molecule has 0 aliphatic rings. The molecule has 2 N–H and O–H groups in total. The maximum atomic E-state index is 12.3. The van der Waals surface area contributed by atoms with Gasteiger partial charge in [-0.15, -0.1) is 0 Å². The van der Waals surface area contributed by atoms with Crippen molar-refractivity contribution in [3.8, 4) is 17.2 Å². The molecule has 6 nitrogen and oxygen atoms in total. The summed E-state index contributed by atoms with van der Waals surface area (Å²) < 4.78 is 15.8. The predicted octanol–water partition coefficient (Wildman–Crippen LogP) is 3.23. The SMILES string of the molecule is CCOc1cccc(C(=O)NC(=S)Nc2cc(OC)ccc2OC)c1. The smallest absolute Gasteiger partial charge is 0.257 e. The van der Waals surface area contributed by atoms with Gasteiger partial charge < -0.3 is 19.5 Å². The van der Waals surface area contributed by atoms with Crippen LogP contribution in [0.15, 0.2) is 42.5 Å². The van der Waals surface area contributed by atoms with Crippen molar-refractivity contribution in [1.82, 2.24) is 5.32 Å². The normalized spacial score (nSPS) is 9.88. The van der Waals surface area contributed by atoms with Crippen molar-refractivity contribution in [2.75, 3.05) is 26.1 Å². The molecule has 0 bridgehead atoms. The number of nitrogens with one attached hydrogen (secondary N) is 2. The summed E-state index contributed by atoms with van der Waals surface area (Å²) in [6, 6.07) is 12.1. The number of carbonyl (C=O) groups is 1. The highest BCUT2D eigenvalue weighted by molar-refractivity contribution is 7.80. The standard InChI is InChI=1S/C18H20N2O4S/c1-4-24-14-7-5-6-12(10-14)17(21)20-18(25)19-15-11-13(22-2)8-9-16(15)23-3/h5-11H,4H2,1-3H3,(H2,19,20,21,25). The number of thiocarbonyl (C=S) groups is 1. The van der Waals surface area contributed by atoms with Crippen LogP contribution in [0, 0.1) is 0 Å². The van der Waals surface area contributed by atoms with Crippen LogP contribution in [0.2, 0.25) is 0 Å². The molecular formula is C18H20N2O4S. The van der Waals surface area contributed by atoms with Crippen molar-refractivity contribution < 1.29 is 19.0 Å². The van der Waals surface area contributed by atoms with Crippen LogP contribution < -0.4 is 24.8 Å². The minimum atomic E-state index is -0.332. The second-order valence-electron chi connectivity index (χ2n) is 4.94. The number of carbonyl (C=O) groups excluding carboxylic acids is 1.